The predicted octanol–water partition coefficient (Wildman–Crippen LogP) is 4.25. The Labute approximate surface area is 147 Å². The zero-order valence-corrected chi connectivity index (χ0v) is 15.0. The molecule has 0 amide bonds. The summed E-state index contributed by atoms with van der Waals surface area (Å²) in [5, 5.41) is 9.14. The third-order valence-electron chi connectivity index (χ3n) is 3.88. The summed E-state index contributed by atoms with van der Waals surface area (Å²) in [7, 11) is 0. The highest BCUT2D eigenvalue weighted by molar-refractivity contribution is 7.98. The van der Waals surface area contributed by atoms with Crippen molar-refractivity contribution in [2.75, 3.05) is 5.84 Å². The molecular formula is C19H22N4S. The Balaban J connectivity index is 1.71. The molecule has 0 saturated carbocycles. The topological polar surface area (TPSA) is 56.7 Å². The van der Waals surface area contributed by atoms with Crippen LogP contribution in [0.3, 0.4) is 0 Å². The number of hydrogen-bond acceptors (Lipinski definition) is 4. The lowest BCUT2D eigenvalue weighted by molar-refractivity contribution is 0.590. The monoisotopic (exact) mass is 338 g/mol. The Bertz CT molecular complexity index is 802. The van der Waals surface area contributed by atoms with E-state index in [0.717, 1.165) is 11.3 Å². The van der Waals surface area contributed by atoms with Crippen LogP contribution in [0.15, 0.2) is 59.8 Å². The van der Waals surface area contributed by atoms with E-state index in [1.165, 1.54) is 11.1 Å². The molecule has 2 N–H and O–H groups in total. The summed E-state index contributed by atoms with van der Waals surface area (Å²) in [5.74, 6) is 7.65. The fourth-order valence-corrected chi connectivity index (χ4v) is 3.22. The zero-order valence-electron chi connectivity index (χ0n) is 14.2. The summed E-state index contributed by atoms with van der Waals surface area (Å²) in [6, 6.07) is 18.6. The molecule has 0 saturated heterocycles. The second-order valence-corrected chi connectivity index (χ2v) is 7.72. The molecule has 1 aromatic heterocycles. The molecule has 4 nitrogen and oxygen atoms in total. The third kappa shape index (κ3) is 3.62. The Morgan fingerprint density at radius 3 is 2.25 bits per heavy atom. The van der Waals surface area contributed by atoms with E-state index in [1.54, 1.807) is 16.4 Å². The van der Waals surface area contributed by atoms with Gasteiger partial charge in [-0.15, -0.1) is 10.2 Å². The second-order valence-electron chi connectivity index (χ2n) is 6.78. The third-order valence-corrected chi connectivity index (χ3v) is 4.90. The lowest BCUT2D eigenvalue weighted by Gasteiger charge is -2.19. The fraction of sp³-hybridized carbons (Fsp3) is 0.263. The number of nitrogen functional groups attached to an aromatic ring is 1. The lowest BCUT2D eigenvalue weighted by Crippen LogP contribution is -2.11. The molecule has 5 heteroatoms. The van der Waals surface area contributed by atoms with Crippen LogP contribution in [0.1, 0.15) is 31.9 Å². The van der Waals surface area contributed by atoms with Crippen molar-refractivity contribution in [1.29, 1.82) is 0 Å². The number of hydrogen-bond donors (Lipinski definition) is 1. The average molecular weight is 338 g/mol. The van der Waals surface area contributed by atoms with Crippen molar-refractivity contribution in [2.45, 2.75) is 37.1 Å². The molecule has 0 radical (unpaired) electrons. The van der Waals surface area contributed by atoms with Gasteiger partial charge in [0.15, 0.2) is 5.82 Å². The van der Waals surface area contributed by atoms with E-state index in [4.69, 9.17) is 5.84 Å². The van der Waals surface area contributed by atoms with E-state index in [2.05, 4.69) is 55.2 Å². The van der Waals surface area contributed by atoms with Gasteiger partial charge in [0.2, 0.25) is 5.16 Å². The van der Waals surface area contributed by atoms with Crippen LogP contribution in [-0.4, -0.2) is 14.9 Å². The summed E-state index contributed by atoms with van der Waals surface area (Å²) in [6.45, 7) is 6.66. The van der Waals surface area contributed by atoms with Crippen molar-refractivity contribution in [3.8, 4) is 11.4 Å². The van der Waals surface area contributed by atoms with Gasteiger partial charge in [0.25, 0.3) is 0 Å². The van der Waals surface area contributed by atoms with Crippen molar-refractivity contribution >= 4 is 11.8 Å². The smallest absolute Gasteiger partial charge is 0.210 e. The summed E-state index contributed by atoms with van der Waals surface area (Å²) in [6.07, 6.45) is 0. The van der Waals surface area contributed by atoms with Crippen LogP contribution >= 0.6 is 11.8 Å². The predicted molar refractivity (Wildman–Crippen MR) is 100 cm³/mol. The van der Waals surface area contributed by atoms with E-state index in [-0.39, 0.29) is 5.41 Å². The van der Waals surface area contributed by atoms with E-state index >= 15 is 0 Å². The van der Waals surface area contributed by atoms with Crippen molar-refractivity contribution in [3.05, 3.63) is 65.7 Å². The Kier molecular flexibility index (Phi) is 4.62. The van der Waals surface area contributed by atoms with Gasteiger partial charge in [0, 0.05) is 11.3 Å². The van der Waals surface area contributed by atoms with Gasteiger partial charge in [-0.3, -0.25) is 0 Å². The molecule has 0 atom stereocenters. The van der Waals surface area contributed by atoms with Gasteiger partial charge in [-0.2, -0.15) is 0 Å². The van der Waals surface area contributed by atoms with Gasteiger partial charge in [-0.05, 0) is 16.5 Å². The van der Waals surface area contributed by atoms with Gasteiger partial charge in [0.05, 0.1) is 0 Å². The average Bonchev–Trinajstić information content (AvgIpc) is 2.94. The van der Waals surface area contributed by atoms with Crippen LogP contribution < -0.4 is 5.84 Å². The molecule has 24 heavy (non-hydrogen) atoms. The number of benzene rings is 2. The first-order chi connectivity index (χ1) is 11.4. The van der Waals surface area contributed by atoms with Crippen LogP contribution in [0, 0.1) is 0 Å². The largest absolute Gasteiger partial charge is 0.335 e. The molecule has 2 aromatic carbocycles. The van der Waals surface area contributed by atoms with Crippen LogP contribution in [0.5, 0.6) is 0 Å². The molecule has 0 unspecified atom stereocenters. The standard InChI is InChI=1S/C19H22N4S/c1-19(2,3)16-11-9-14(10-12-16)13-24-18-22-21-17(23(18)20)15-7-5-4-6-8-15/h4-12H,13,20H2,1-3H3. The maximum absolute atomic E-state index is 6.15. The van der Waals surface area contributed by atoms with Crippen molar-refractivity contribution < 1.29 is 0 Å². The highest BCUT2D eigenvalue weighted by Gasteiger charge is 2.14. The van der Waals surface area contributed by atoms with E-state index < -0.39 is 0 Å². The van der Waals surface area contributed by atoms with Crippen molar-refractivity contribution in [2.24, 2.45) is 0 Å². The molecule has 3 aromatic rings. The SMILES string of the molecule is CC(C)(C)c1ccc(CSc2nnc(-c3ccccc3)n2N)cc1. The highest BCUT2D eigenvalue weighted by atomic mass is 32.2. The molecule has 0 bridgehead atoms. The Morgan fingerprint density at radius 2 is 1.62 bits per heavy atom. The molecule has 1 heterocycles. The normalized spacial score (nSPS) is 11.6. The van der Waals surface area contributed by atoms with Gasteiger partial charge >= 0.3 is 0 Å². The first kappa shape index (κ1) is 16.6. The van der Waals surface area contributed by atoms with Crippen LogP contribution in [0.4, 0.5) is 0 Å². The number of aromatic nitrogens is 3. The molecule has 3 rings (SSSR count). The number of thioether (sulfide) groups is 1. The van der Waals surface area contributed by atoms with Crippen LogP contribution in [-0.2, 0) is 11.2 Å². The quantitative estimate of drug-likeness (QED) is 0.571. The molecule has 0 aliphatic heterocycles. The van der Waals surface area contributed by atoms with Crippen LogP contribution in [0.2, 0.25) is 0 Å². The molecule has 0 aliphatic rings. The van der Waals surface area contributed by atoms with Gasteiger partial charge in [-0.25, -0.2) is 4.68 Å². The highest BCUT2D eigenvalue weighted by Crippen LogP contribution is 2.26. The minimum Gasteiger partial charge on any atom is -0.335 e. The minimum absolute atomic E-state index is 0.174. The van der Waals surface area contributed by atoms with E-state index in [9.17, 15) is 0 Å². The minimum atomic E-state index is 0.174. The maximum Gasteiger partial charge on any atom is 0.210 e. The van der Waals surface area contributed by atoms with E-state index in [1.807, 2.05) is 30.3 Å². The van der Waals surface area contributed by atoms with Crippen molar-refractivity contribution in [3.63, 3.8) is 0 Å². The molecule has 124 valence electrons. The number of rotatable bonds is 4. The lowest BCUT2D eigenvalue weighted by atomic mass is 9.87. The Morgan fingerprint density at radius 1 is 0.958 bits per heavy atom. The van der Waals surface area contributed by atoms with Crippen LogP contribution in [0.25, 0.3) is 11.4 Å². The first-order valence-corrected chi connectivity index (χ1v) is 8.92. The van der Waals surface area contributed by atoms with E-state index in [0.29, 0.717) is 11.0 Å². The zero-order chi connectivity index (χ0) is 17.2. The summed E-state index contributed by atoms with van der Waals surface area (Å²) in [4.78, 5) is 0. The first-order valence-electron chi connectivity index (χ1n) is 7.93. The molecule has 0 aliphatic carbocycles. The second kappa shape index (κ2) is 6.69. The summed E-state index contributed by atoms with van der Waals surface area (Å²) in [5.41, 5.74) is 3.73. The maximum atomic E-state index is 6.15. The molecular weight excluding hydrogens is 316 g/mol. The Hall–Kier alpha value is -2.27. The van der Waals surface area contributed by atoms with Gasteiger partial charge in [-0.1, -0.05) is 87.1 Å². The number of nitrogens with two attached hydrogens (primary N) is 1. The van der Waals surface area contributed by atoms with Crippen molar-refractivity contribution in [1.82, 2.24) is 14.9 Å². The number of nitrogens with zero attached hydrogens (tertiary/aromatic N) is 3. The van der Waals surface area contributed by atoms with Gasteiger partial charge < -0.3 is 5.84 Å². The molecule has 0 spiro atoms. The molecule has 0 fully saturated rings. The summed E-state index contributed by atoms with van der Waals surface area (Å²) < 4.78 is 1.56. The summed E-state index contributed by atoms with van der Waals surface area (Å²) >= 11 is 1.59. The fourth-order valence-electron chi connectivity index (χ4n) is 2.41. The van der Waals surface area contributed by atoms with Gasteiger partial charge in [0.1, 0.15) is 0 Å².